The van der Waals surface area contributed by atoms with Gasteiger partial charge in [0, 0.05) is 5.56 Å². The van der Waals surface area contributed by atoms with Crippen LogP contribution in [0.1, 0.15) is 28.9 Å². The van der Waals surface area contributed by atoms with Crippen LogP contribution in [-0.2, 0) is 9.53 Å². The molecule has 166 valence electrons. The van der Waals surface area contributed by atoms with E-state index in [1.165, 1.54) is 20.3 Å². The Kier molecular flexibility index (Phi) is 7.70. The van der Waals surface area contributed by atoms with Crippen molar-refractivity contribution in [2.75, 3.05) is 26.1 Å². The molecule has 1 N–H and O–H groups in total. The minimum absolute atomic E-state index is 0.228. The van der Waals surface area contributed by atoms with Gasteiger partial charge in [-0.05, 0) is 37.3 Å². The van der Waals surface area contributed by atoms with Crippen LogP contribution < -0.4 is 19.5 Å². The third kappa shape index (κ3) is 5.37. The Labute approximate surface area is 186 Å². The second-order valence-electron chi connectivity index (χ2n) is 6.68. The molecular weight excluding hydrogens is 410 g/mol. The minimum atomic E-state index is -1.17. The first kappa shape index (κ1) is 22.7. The number of hydrogen-bond acceptors (Lipinski definition) is 6. The first-order valence-corrected chi connectivity index (χ1v) is 10.1. The molecule has 0 fully saturated rings. The normalized spacial score (nSPS) is 11.2. The standard InChI is InChI=1S/C25H25NO6/c1-4-31-20-13-9-8-12-19(20)26-24(27)23(17-10-6-5-7-11-17)32-25(28)18-14-15-21(29-2)22(16-18)30-3/h5-16,23H,4H2,1-3H3,(H,26,27). The summed E-state index contributed by atoms with van der Waals surface area (Å²) in [5.41, 5.74) is 1.25. The maximum atomic E-state index is 13.2. The van der Waals surface area contributed by atoms with Crippen molar-refractivity contribution in [2.45, 2.75) is 13.0 Å². The molecule has 0 radical (unpaired) electrons. The lowest BCUT2D eigenvalue weighted by Gasteiger charge is -2.19. The number of para-hydroxylation sites is 2. The van der Waals surface area contributed by atoms with Crippen molar-refractivity contribution in [3.63, 3.8) is 0 Å². The van der Waals surface area contributed by atoms with Crippen LogP contribution in [0.5, 0.6) is 17.2 Å². The predicted octanol–water partition coefficient (Wildman–Crippen LogP) is 4.64. The number of anilines is 1. The second kappa shape index (κ2) is 10.9. The molecule has 1 atom stereocenters. The molecular formula is C25H25NO6. The topological polar surface area (TPSA) is 83.1 Å². The Balaban J connectivity index is 1.87. The number of rotatable bonds is 9. The molecule has 0 heterocycles. The lowest BCUT2D eigenvalue weighted by molar-refractivity contribution is -0.125. The molecule has 7 heteroatoms. The quantitative estimate of drug-likeness (QED) is 0.493. The molecule has 0 aliphatic heterocycles. The number of esters is 1. The van der Waals surface area contributed by atoms with Crippen LogP contribution in [-0.4, -0.2) is 32.7 Å². The summed E-state index contributed by atoms with van der Waals surface area (Å²) < 4.78 is 21.7. The molecule has 0 spiro atoms. The summed E-state index contributed by atoms with van der Waals surface area (Å²) in [6.07, 6.45) is -1.17. The molecule has 0 aromatic heterocycles. The number of ether oxygens (including phenoxy) is 4. The Morgan fingerprint density at radius 3 is 2.22 bits per heavy atom. The number of nitrogens with one attached hydrogen (secondary N) is 1. The lowest BCUT2D eigenvalue weighted by atomic mass is 10.1. The van der Waals surface area contributed by atoms with Crippen molar-refractivity contribution in [1.29, 1.82) is 0 Å². The van der Waals surface area contributed by atoms with Crippen molar-refractivity contribution in [3.05, 3.63) is 83.9 Å². The van der Waals surface area contributed by atoms with Gasteiger partial charge in [0.15, 0.2) is 11.5 Å². The van der Waals surface area contributed by atoms with Crippen molar-refractivity contribution in [3.8, 4) is 17.2 Å². The van der Waals surface area contributed by atoms with Crippen LogP contribution in [0, 0.1) is 0 Å². The van der Waals surface area contributed by atoms with Gasteiger partial charge in [-0.3, -0.25) is 4.79 Å². The average Bonchev–Trinajstić information content (AvgIpc) is 2.83. The van der Waals surface area contributed by atoms with E-state index in [-0.39, 0.29) is 5.56 Å². The van der Waals surface area contributed by atoms with Crippen molar-refractivity contribution >= 4 is 17.6 Å². The second-order valence-corrected chi connectivity index (χ2v) is 6.68. The molecule has 0 aliphatic carbocycles. The van der Waals surface area contributed by atoms with Gasteiger partial charge < -0.3 is 24.3 Å². The zero-order chi connectivity index (χ0) is 22.9. The molecule has 1 unspecified atom stereocenters. The molecule has 0 bridgehead atoms. The molecule has 3 aromatic carbocycles. The third-order valence-corrected chi connectivity index (χ3v) is 4.63. The van der Waals surface area contributed by atoms with Crippen LogP contribution in [0.2, 0.25) is 0 Å². The summed E-state index contributed by atoms with van der Waals surface area (Å²) in [5, 5.41) is 2.81. The number of amides is 1. The third-order valence-electron chi connectivity index (χ3n) is 4.63. The van der Waals surface area contributed by atoms with Gasteiger partial charge in [0.1, 0.15) is 5.75 Å². The highest BCUT2D eigenvalue weighted by Crippen LogP contribution is 2.30. The highest BCUT2D eigenvalue weighted by molar-refractivity contribution is 5.99. The van der Waals surface area contributed by atoms with E-state index >= 15 is 0 Å². The van der Waals surface area contributed by atoms with E-state index in [1.54, 1.807) is 54.6 Å². The fourth-order valence-electron chi connectivity index (χ4n) is 3.09. The van der Waals surface area contributed by atoms with Crippen molar-refractivity contribution in [2.24, 2.45) is 0 Å². The number of benzene rings is 3. The first-order chi connectivity index (χ1) is 15.6. The summed E-state index contributed by atoms with van der Waals surface area (Å²) in [5.74, 6) is 0.217. The number of hydrogen-bond donors (Lipinski definition) is 1. The van der Waals surface area contributed by atoms with Crippen molar-refractivity contribution < 1.29 is 28.5 Å². The molecule has 32 heavy (non-hydrogen) atoms. The van der Waals surface area contributed by atoms with E-state index in [9.17, 15) is 9.59 Å². The van der Waals surface area contributed by atoms with Crippen LogP contribution in [0.3, 0.4) is 0 Å². The van der Waals surface area contributed by atoms with Gasteiger partial charge in [0.2, 0.25) is 6.10 Å². The molecule has 0 saturated carbocycles. The largest absolute Gasteiger partial charge is 0.493 e. The van der Waals surface area contributed by atoms with Gasteiger partial charge in [-0.25, -0.2) is 4.79 Å². The van der Waals surface area contributed by atoms with Crippen LogP contribution in [0.4, 0.5) is 5.69 Å². The van der Waals surface area contributed by atoms with E-state index in [1.807, 2.05) is 19.1 Å². The first-order valence-electron chi connectivity index (χ1n) is 10.1. The average molecular weight is 435 g/mol. The highest BCUT2D eigenvalue weighted by Gasteiger charge is 2.27. The molecule has 7 nitrogen and oxygen atoms in total. The van der Waals surface area contributed by atoms with E-state index in [2.05, 4.69) is 5.32 Å². The van der Waals surface area contributed by atoms with E-state index in [0.29, 0.717) is 35.1 Å². The lowest BCUT2D eigenvalue weighted by Crippen LogP contribution is -2.26. The summed E-state index contributed by atoms with van der Waals surface area (Å²) in [4.78, 5) is 26.1. The Morgan fingerprint density at radius 2 is 1.53 bits per heavy atom. The SMILES string of the molecule is CCOc1ccccc1NC(=O)C(OC(=O)c1ccc(OC)c(OC)c1)c1ccccc1. The van der Waals surface area contributed by atoms with Gasteiger partial charge >= 0.3 is 5.97 Å². The Hall–Kier alpha value is -4.00. The number of carbonyl (C=O) groups is 2. The smallest absolute Gasteiger partial charge is 0.339 e. The predicted molar refractivity (Wildman–Crippen MR) is 120 cm³/mol. The van der Waals surface area contributed by atoms with Crippen LogP contribution in [0.25, 0.3) is 0 Å². The summed E-state index contributed by atoms with van der Waals surface area (Å²) in [7, 11) is 2.98. The summed E-state index contributed by atoms with van der Waals surface area (Å²) >= 11 is 0. The summed E-state index contributed by atoms with van der Waals surface area (Å²) in [6.45, 7) is 2.31. The van der Waals surface area contributed by atoms with E-state index in [4.69, 9.17) is 18.9 Å². The summed E-state index contributed by atoms with van der Waals surface area (Å²) in [6, 6.07) is 20.5. The molecule has 3 aromatic rings. The monoisotopic (exact) mass is 435 g/mol. The molecule has 1 amide bonds. The van der Waals surface area contributed by atoms with Gasteiger partial charge in [-0.2, -0.15) is 0 Å². The van der Waals surface area contributed by atoms with Gasteiger partial charge in [-0.15, -0.1) is 0 Å². The van der Waals surface area contributed by atoms with Gasteiger partial charge in [0.25, 0.3) is 5.91 Å². The maximum absolute atomic E-state index is 13.2. The molecule has 0 saturated heterocycles. The van der Waals surface area contributed by atoms with Gasteiger partial charge in [-0.1, -0.05) is 42.5 Å². The zero-order valence-corrected chi connectivity index (χ0v) is 18.2. The zero-order valence-electron chi connectivity index (χ0n) is 18.2. The molecule has 0 aliphatic rings. The Bertz CT molecular complexity index is 1070. The van der Waals surface area contributed by atoms with Crippen LogP contribution in [0.15, 0.2) is 72.8 Å². The number of carbonyl (C=O) groups excluding carboxylic acids is 2. The van der Waals surface area contributed by atoms with Crippen molar-refractivity contribution in [1.82, 2.24) is 0 Å². The highest BCUT2D eigenvalue weighted by atomic mass is 16.5. The fraction of sp³-hybridized carbons (Fsp3) is 0.200. The van der Waals surface area contributed by atoms with Crippen LogP contribution >= 0.6 is 0 Å². The minimum Gasteiger partial charge on any atom is -0.493 e. The number of methoxy groups -OCH3 is 2. The maximum Gasteiger partial charge on any atom is 0.339 e. The fourth-order valence-corrected chi connectivity index (χ4v) is 3.09. The molecule has 3 rings (SSSR count). The van der Waals surface area contributed by atoms with E-state index in [0.717, 1.165) is 0 Å². The van der Waals surface area contributed by atoms with E-state index < -0.39 is 18.0 Å². The van der Waals surface area contributed by atoms with Gasteiger partial charge in [0.05, 0.1) is 32.1 Å². The Morgan fingerprint density at radius 1 is 0.844 bits per heavy atom.